The van der Waals surface area contributed by atoms with Crippen molar-refractivity contribution >= 4 is 16.0 Å². The molecule has 30 heavy (non-hydrogen) atoms. The fourth-order valence-corrected chi connectivity index (χ4v) is 5.55. The highest BCUT2D eigenvalue weighted by Gasteiger charge is 2.49. The summed E-state index contributed by atoms with van der Waals surface area (Å²) in [4.78, 5) is 13.1. The summed E-state index contributed by atoms with van der Waals surface area (Å²) in [6.07, 6.45) is 0.629. The Bertz CT molecular complexity index is 847. The number of carboxylic acids is 1. The van der Waals surface area contributed by atoms with E-state index in [4.69, 9.17) is 19.4 Å². The smallest absolute Gasteiger partial charge is 0.475 e. The molecule has 2 aliphatic heterocycles. The van der Waals surface area contributed by atoms with E-state index < -0.39 is 22.2 Å². The van der Waals surface area contributed by atoms with Crippen LogP contribution in [-0.4, -0.2) is 71.6 Å². The number of rotatable bonds is 4. The Balaban J connectivity index is 0.000000318. The van der Waals surface area contributed by atoms with Crippen LogP contribution in [0.25, 0.3) is 0 Å². The number of hydrogen-bond donors (Lipinski definition) is 1. The number of hydrogen-bond acceptors (Lipinski definition) is 6. The number of sulfonamides is 1. The van der Waals surface area contributed by atoms with Gasteiger partial charge in [0.15, 0.2) is 0 Å². The number of piperidine rings is 1. The maximum atomic E-state index is 12.5. The first-order valence-electron chi connectivity index (χ1n) is 9.53. The number of aliphatic carboxylic acids is 1. The van der Waals surface area contributed by atoms with Crippen molar-refractivity contribution in [1.29, 1.82) is 0 Å². The first-order chi connectivity index (χ1) is 14.0. The average Bonchev–Trinajstić information content (AvgIpc) is 3.48. The van der Waals surface area contributed by atoms with Gasteiger partial charge in [0.2, 0.25) is 15.9 Å². The van der Waals surface area contributed by atoms with Gasteiger partial charge in [-0.15, -0.1) is 0 Å². The molecule has 4 rings (SSSR count). The Hall–Kier alpha value is -1.92. The molecule has 0 amide bonds. The van der Waals surface area contributed by atoms with Gasteiger partial charge in [-0.2, -0.15) is 17.5 Å². The van der Waals surface area contributed by atoms with Crippen molar-refractivity contribution < 1.29 is 41.0 Å². The van der Waals surface area contributed by atoms with Gasteiger partial charge in [0, 0.05) is 31.8 Å². The van der Waals surface area contributed by atoms with Crippen LogP contribution in [0.2, 0.25) is 0 Å². The molecule has 1 saturated carbocycles. The fourth-order valence-electron chi connectivity index (χ4n) is 3.60. The van der Waals surface area contributed by atoms with Crippen LogP contribution in [0.3, 0.4) is 0 Å². The molecule has 0 unspecified atom stereocenters. The highest BCUT2D eigenvalue weighted by molar-refractivity contribution is 7.90. The standard InChI is InChI=1S/C16H22N2O4S.C2HF3O2/c19-23(20,14-5-6-14)18-9-3-7-16(12-18)10-13(11-21-16)22-15-4-1-2-8-17-15;3-2(4,5)1(6)7/h1-2,4,8,13-14H,3,5-7,9-12H2;(H,6,7)/t13-,16-;/m0./s1. The summed E-state index contributed by atoms with van der Waals surface area (Å²) < 4.78 is 70.3. The van der Waals surface area contributed by atoms with E-state index in [0.717, 1.165) is 32.1 Å². The van der Waals surface area contributed by atoms with E-state index in [-0.39, 0.29) is 17.0 Å². The first-order valence-corrected chi connectivity index (χ1v) is 11.0. The average molecular weight is 452 g/mol. The zero-order valence-corrected chi connectivity index (χ0v) is 16.9. The Labute approximate surface area is 172 Å². The topological polar surface area (TPSA) is 106 Å². The number of aromatic nitrogens is 1. The van der Waals surface area contributed by atoms with E-state index in [1.807, 2.05) is 18.2 Å². The van der Waals surface area contributed by atoms with Gasteiger partial charge in [0.25, 0.3) is 0 Å². The molecule has 1 N–H and O–H groups in total. The van der Waals surface area contributed by atoms with Crippen molar-refractivity contribution in [2.24, 2.45) is 0 Å². The molecule has 0 radical (unpaired) electrons. The van der Waals surface area contributed by atoms with E-state index in [1.54, 1.807) is 10.5 Å². The molecular formula is C18H23F3N2O6S. The second kappa shape index (κ2) is 8.67. The third-order valence-electron chi connectivity index (χ3n) is 5.15. The number of pyridine rings is 1. The van der Waals surface area contributed by atoms with E-state index in [2.05, 4.69) is 4.98 Å². The molecule has 1 aliphatic carbocycles. The summed E-state index contributed by atoms with van der Waals surface area (Å²) >= 11 is 0. The van der Waals surface area contributed by atoms with Gasteiger partial charge in [-0.25, -0.2) is 18.2 Å². The molecule has 1 spiro atoms. The molecule has 1 aromatic rings. The number of alkyl halides is 3. The Morgan fingerprint density at radius 1 is 1.33 bits per heavy atom. The summed E-state index contributed by atoms with van der Waals surface area (Å²) in [5.74, 6) is -2.16. The lowest BCUT2D eigenvalue weighted by molar-refractivity contribution is -0.192. The van der Waals surface area contributed by atoms with E-state index in [9.17, 15) is 21.6 Å². The lowest BCUT2D eigenvalue weighted by atomic mass is 9.90. The molecule has 0 aromatic carbocycles. The Morgan fingerprint density at radius 2 is 2.03 bits per heavy atom. The summed E-state index contributed by atoms with van der Waals surface area (Å²) in [6, 6.07) is 5.56. The van der Waals surface area contributed by atoms with Crippen molar-refractivity contribution in [3.63, 3.8) is 0 Å². The molecule has 3 aliphatic rings. The van der Waals surface area contributed by atoms with Crippen molar-refractivity contribution in [1.82, 2.24) is 9.29 Å². The normalized spacial score (nSPS) is 27.4. The minimum absolute atomic E-state index is 0.0616. The number of halogens is 3. The van der Waals surface area contributed by atoms with Crippen LogP contribution in [0, 0.1) is 0 Å². The fraction of sp³-hybridized carbons (Fsp3) is 0.667. The van der Waals surface area contributed by atoms with Gasteiger partial charge < -0.3 is 14.6 Å². The molecular weight excluding hydrogens is 429 g/mol. The van der Waals surface area contributed by atoms with Crippen molar-refractivity contribution in [3.05, 3.63) is 24.4 Å². The minimum Gasteiger partial charge on any atom is -0.475 e. The number of ether oxygens (including phenoxy) is 2. The Kier molecular flexibility index (Phi) is 6.58. The second-order valence-corrected chi connectivity index (χ2v) is 9.80. The quantitative estimate of drug-likeness (QED) is 0.747. The van der Waals surface area contributed by atoms with Crippen molar-refractivity contribution in [3.8, 4) is 5.88 Å². The predicted molar refractivity (Wildman–Crippen MR) is 98.4 cm³/mol. The Morgan fingerprint density at radius 3 is 2.60 bits per heavy atom. The van der Waals surface area contributed by atoms with Gasteiger partial charge >= 0.3 is 12.1 Å². The van der Waals surface area contributed by atoms with Crippen LogP contribution >= 0.6 is 0 Å². The van der Waals surface area contributed by atoms with Gasteiger partial charge in [-0.05, 0) is 31.7 Å². The summed E-state index contributed by atoms with van der Waals surface area (Å²) in [6.45, 7) is 1.58. The molecule has 2 saturated heterocycles. The third kappa shape index (κ3) is 5.61. The summed E-state index contributed by atoms with van der Waals surface area (Å²) in [5, 5.41) is 6.97. The summed E-state index contributed by atoms with van der Waals surface area (Å²) in [5.41, 5.74) is -0.389. The van der Waals surface area contributed by atoms with Crippen LogP contribution in [0.15, 0.2) is 24.4 Å². The van der Waals surface area contributed by atoms with Gasteiger partial charge in [0.05, 0.1) is 17.5 Å². The second-order valence-electron chi connectivity index (χ2n) is 7.59. The summed E-state index contributed by atoms with van der Waals surface area (Å²) in [7, 11) is -3.13. The van der Waals surface area contributed by atoms with Gasteiger partial charge in [-0.1, -0.05) is 6.07 Å². The zero-order chi connectivity index (χ0) is 22.0. The lowest BCUT2D eigenvalue weighted by Crippen LogP contribution is -2.51. The minimum atomic E-state index is -5.08. The van der Waals surface area contributed by atoms with Gasteiger partial charge in [0.1, 0.15) is 6.10 Å². The maximum Gasteiger partial charge on any atom is 0.490 e. The molecule has 168 valence electrons. The molecule has 3 heterocycles. The van der Waals surface area contributed by atoms with E-state index in [1.165, 1.54) is 0 Å². The van der Waals surface area contributed by atoms with Crippen LogP contribution in [0.1, 0.15) is 32.1 Å². The molecule has 2 atom stereocenters. The number of carboxylic acid groups (broad SMARTS) is 1. The molecule has 8 nitrogen and oxygen atoms in total. The molecule has 0 bridgehead atoms. The van der Waals surface area contributed by atoms with Crippen LogP contribution in [-0.2, 0) is 19.6 Å². The highest BCUT2D eigenvalue weighted by Crippen LogP contribution is 2.39. The third-order valence-corrected chi connectivity index (χ3v) is 7.50. The SMILES string of the molecule is O=C(O)C(F)(F)F.O=S(=O)(C1CC1)N1CCC[C@]2(C[C@H](Oc3ccccn3)CO2)C1. The van der Waals surface area contributed by atoms with Crippen molar-refractivity contribution in [2.45, 2.75) is 55.2 Å². The monoisotopic (exact) mass is 452 g/mol. The van der Waals surface area contributed by atoms with Crippen LogP contribution in [0.5, 0.6) is 5.88 Å². The zero-order valence-electron chi connectivity index (χ0n) is 16.0. The first kappa shape index (κ1) is 22.8. The predicted octanol–water partition coefficient (Wildman–Crippen LogP) is 2.21. The van der Waals surface area contributed by atoms with Gasteiger partial charge in [-0.3, -0.25) is 0 Å². The van der Waals surface area contributed by atoms with E-state index >= 15 is 0 Å². The number of nitrogens with zero attached hydrogens (tertiary/aromatic N) is 2. The molecule has 3 fully saturated rings. The molecule has 1 aromatic heterocycles. The lowest BCUT2D eigenvalue weighted by Gasteiger charge is -2.38. The molecule has 12 heteroatoms. The van der Waals surface area contributed by atoms with Crippen LogP contribution < -0.4 is 4.74 Å². The maximum absolute atomic E-state index is 12.5. The number of carbonyl (C=O) groups is 1. The van der Waals surface area contributed by atoms with E-state index in [0.29, 0.717) is 25.6 Å². The van der Waals surface area contributed by atoms with Crippen LogP contribution in [0.4, 0.5) is 13.2 Å². The highest BCUT2D eigenvalue weighted by atomic mass is 32.2. The van der Waals surface area contributed by atoms with Crippen molar-refractivity contribution in [2.75, 3.05) is 19.7 Å². The largest absolute Gasteiger partial charge is 0.490 e.